The highest BCUT2D eigenvalue weighted by Crippen LogP contribution is 2.39. The number of aryl methyl sites for hydroxylation is 1. The topological polar surface area (TPSA) is 71.3 Å². The molecule has 3 aromatic carbocycles. The van der Waals surface area contributed by atoms with Gasteiger partial charge in [-0.25, -0.2) is 13.6 Å². The zero-order valence-corrected chi connectivity index (χ0v) is 19.5. The molecule has 0 saturated heterocycles. The van der Waals surface area contributed by atoms with Crippen LogP contribution in [0.5, 0.6) is 0 Å². The van der Waals surface area contributed by atoms with Crippen molar-refractivity contribution in [3.8, 4) is 11.4 Å². The quantitative estimate of drug-likeness (QED) is 0.345. The first-order chi connectivity index (χ1) is 16.8. The Labute approximate surface area is 204 Å². The van der Waals surface area contributed by atoms with Crippen LogP contribution in [0.1, 0.15) is 30.0 Å². The highest BCUT2D eigenvalue weighted by molar-refractivity contribution is 6.30. The molecule has 4 aromatic rings. The van der Waals surface area contributed by atoms with Crippen molar-refractivity contribution >= 4 is 28.9 Å². The molecule has 6 nitrogen and oxygen atoms in total. The summed E-state index contributed by atoms with van der Waals surface area (Å²) in [5.74, 6) is -0.477. The van der Waals surface area contributed by atoms with Crippen LogP contribution in [0.2, 0.25) is 5.02 Å². The van der Waals surface area contributed by atoms with Crippen molar-refractivity contribution in [1.29, 1.82) is 0 Å². The minimum Gasteiger partial charge on any atom is -0.334 e. The second-order valence-corrected chi connectivity index (χ2v) is 8.58. The molecule has 9 heteroatoms. The van der Waals surface area contributed by atoms with Gasteiger partial charge in [-0.1, -0.05) is 47.1 Å². The number of rotatable bonds is 4. The van der Waals surface area contributed by atoms with E-state index >= 15 is 0 Å². The summed E-state index contributed by atoms with van der Waals surface area (Å²) < 4.78 is 34.0. The molecule has 1 aliphatic rings. The van der Waals surface area contributed by atoms with E-state index in [1.165, 1.54) is 23.1 Å². The van der Waals surface area contributed by atoms with Crippen LogP contribution in [0.4, 0.5) is 19.3 Å². The number of urea groups is 1. The zero-order chi connectivity index (χ0) is 24.7. The molecule has 0 saturated carbocycles. The first kappa shape index (κ1) is 22.7. The predicted octanol–water partition coefficient (Wildman–Crippen LogP) is 6.68. The van der Waals surface area contributed by atoms with Crippen molar-refractivity contribution in [1.82, 2.24) is 15.5 Å². The van der Waals surface area contributed by atoms with Gasteiger partial charge in [-0.2, -0.15) is 4.98 Å². The van der Waals surface area contributed by atoms with Crippen LogP contribution in [-0.4, -0.2) is 16.2 Å². The lowest BCUT2D eigenvalue weighted by atomic mass is 9.94. The maximum absolute atomic E-state index is 14.4. The Balaban J connectivity index is 1.67. The Morgan fingerprint density at radius 3 is 2.57 bits per heavy atom. The molecular formula is C26H19ClF2N4O2. The van der Waals surface area contributed by atoms with E-state index in [0.29, 0.717) is 44.5 Å². The summed E-state index contributed by atoms with van der Waals surface area (Å²) in [6.07, 6.45) is 0. The Morgan fingerprint density at radius 1 is 1.03 bits per heavy atom. The Morgan fingerprint density at radius 2 is 1.83 bits per heavy atom. The number of carbonyl (C=O) groups excluding carboxylic acids is 1. The summed E-state index contributed by atoms with van der Waals surface area (Å²) in [7, 11) is 0. The highest BCUT2D eigenvalue weighted by atomic mass is 35.5. The molecule has 0 spiro atoms. The number of halogens is 3. The lowest BCUT2D eigenvalue weighted by Gasteiger charge is -2.35. The number of nitrogens with zero attached hydrogens (tertiary/aromatic N) is 3. The van der Waals surface area contributed by atoms with Gasteiger partial charge < -0.3 is 9.84 Å². The van der Waals surface area contributed by atoms with E-state index < -0.39 is 23.7 Å². The van der Waals surface area contributed by atoms with Gasteiger partial charge in [0.1, 0.15) is 11.6 Å². The van der Waals surface area contributed by atoms with Crippen LogP contribution in [0.25, 0.3) is 17.0 Å². The molecule has 2 heterocycles. The van der Waals surface area contributed by atoms with Crippen LogP contribution >= 0.6 is 11.6 Å². The largest absolute Gasteiger partial charge is 0.334 e. The normalized spacial score (nSPS) is 16.0. The zero-order valence-electron chi connectivity index (χ0n) is 18.7. The number of carbonyl (C=O) groups is 1. The SMILES string of the molecule is CC1=C(c2nc(-c3cccc(Cl)c3)no2)C(c2cccc(F)c2)NC(=O)N1c1ccc(C)c(F)c1. The number of nitrogens with one attached hydrogen (secondary N) is 1. The third kappa shape index (κ3) is 4.28. The molecule has 0 aliphatic carbocycles. The van der Waals surface area contributed by atoms with Gasteiger partial charge in [-0.15, -0.1) is 0 Å². The fourth-order valence-corrected chi connectivity index (χ4v) is 4.26. The van der Waals surface area contributed by atoms with Crippen LogP contribution in [0.15, 0.2) is 77.0 Å². The van der Waals surface area contributed by atoms with Crippen molar-refractivity contribution in [3.05, 3.63) is 106 Å². The highest BCUT2D eigenvalue weighted by Gasteiger charge is 2.36. The molecule has 176 valence electrons. The summed E-state index contributed by atoms with van der Waals surface area (Å²) in [5, 5.41) is 7.47. The van der Waals surface area contributed by atoms with Gasteiger partial charge in [0.15, 0.2) is 0 Å². The van der Waals surface area contributed by atoms with Crippen molar-refractivity contribution < 1.29 is 18.1 Å². The molecule has 35 heavy (non-hydrogen) atoms. The van der Waals surface area contributed by atoms with Crippen LogP contribution in [0.3, 0.4) is 0 Å². The van der Waals surface area contributed by atoms with Crippen molar-refractivity contribution in [2.45, 2.75) is 19.9 Å². The van der Waals surface area contributed by atoms with Crippen molar-refractivity contribution in [2.24, 2.45) is 0 Å². The molecule has 2 amide bonds. The molecule has 1 aliphatic heterocycles. The predicted molar refractivity (Wildman–Crippen MR) is 129 cm³/mol. The average Bonchev–Trinajstić information content (AvgIpc) is 3.31. The molecule has 1 atom stereocenters. The molecule has 1 aromatic heterocycles. The first-order valence-corrected chi connectivity index (χ1v) is 11.1. The Hall–Kier alpha value is -4.04. The van der Waals surface area contributed by atoms with Gasteiger partial charge in [0, 0.05) is 16.3 Å². The minimum atomic E-state index is -0.780. The van der Waals surface area contributed by atoms with Crippen LogP contribution in [0, 0.1) is 18.6 Å². The standard InChI is InChI=1S/C26H19ClF2N4O2/c1-14-9-10-20(13-21(14)29)33-15(2)22(23(30-26(33)34)16-5-4-8-19(28)12-16)25-31-24(32-35-25)17-6-3-7-18(27)11-17/h3-13,23H,1-2H3,(H,30,34). The lowest BCUT2D eigenvalue weighted by Crippen LogP contribution is -2.46. The van der Waals surface area contributed by atoms with E-state index in [2.05, 4.69) is 15.5 Å². The Bertz CT molecular complexity index is 1480. The van der Waals surface area contributed by atoms with Gasteiger partial charge in [-0.05, 0) is 61.4 Å². The van der Waals surface area contributed by atoms with Crippen molar-refractivity contribution in [3.63, 3.8) is 0 Å². The molecule has 1 unspecified atom stereocenters. The van der Waals surface area contributed by atoms with E-state index in [-0.39, 0.29) is 5.89 Å². The fourth-order valence-electron chi connectivity index (χ4n) is 4.07. The number of anilines is 1. The molecule has 0 fully saturated rings. The molecule has 1 N–H and O–H groups in total. The van der Waals surface area contributed by atoms with Crippen LogP contribution < -0.4 is 10.2 Å². The number of benzene rings is 3. The molecular weight excluding hydrogens is 474 g/mol. The van der Waals surface area contributed by atoms with E-state index in [0.717, 1.165) is 0 Å². The fraction of sp³-hybridized carbons (Fsp3) is 0.115. The summed E-state index contributed by atoms with van der Waals surface area (Å²) in [4.78, 5) is 19.1. The van der Waals surface area contributed by atoms with Gasteiger partial charge in [-0.3, -0.25) is 4.90 Å². The molecule has 5 rings (SSSR count). The number of aromatic nitrogens is 2. The van der Waals surface area contributed by atoms with Gasteiger partial charge in [0.2, 0.25) is 5.82 Å². The monoisotopic (exact) mass is 492 g/mol. The van der Waals surface area contributed by atoms with Gasteiger partial charge in [0.25, 0.3) is 5.89 Å². The first-order valence-electron chi connectivity index (χ1n) is 10.7. The number of allylic oxidation sites excluding steroid dienone is 1. The lowest BCUT2D eigenvalue weighted by molar-refractivity contribution is 0.244. The van der Waals surface area contributed by atoms with E-state index in [1.54, 1.807) is 62.4 Å². The van der Waals surface area contributed by atoms with Crippen molar-refractivity contribution in [2.75, 3.05) is 4.90 Å². The number of hydrogen-bond donors (Lipinski definition) is 1. The number of amides is 2. The summed E-state index contributed by atoms with van der Waals surface area (Å²) in [5.41, 5.74) is 2.81. The maximum atomic E-state index is 14.4. The van der Waals surface area contributed by atoms with Gasteiger partial charge in [0.05, 0.1) is 17.3 Å². The van der Waals surface area contributed by atoms with E-state index in [1.807, 2.05) is 0 Å². The number of hydrogen-bond acceptors (Lipinski definition) is 4. The van der Waals surface area contributed by atoms with E-state index in [4.69, 9.17) is 16.1 Å². The van der Waals surface area contributed by atoms with Gasteiger partial charge >= 0.3 is 6.03 Å². The Kier molecular flexibility index (Phi) is 5.82. The molecule has 0 radical (unpaired) electrons. The third-order valence-electron chi connectivity index (χ3n) is 5.82. The maximum Gasteiger partial charge on any atom is 0.327 e. The summed E-state index contributed by atoms with van der Waals surface area (Å²) >= 11 is 6.10. The van der Waals surface area contributed by atoms with Crippen LogP contribution in [-0.2, 0) is 0 Å². The smallest absolute Gasteiger partial charge is 0.327 e. The second kappa shape index (κ2) is 8.96. The summed E-state index contributed by atoms with van der Waals surface area (Å²) in [6, 6.07) is 16.1. The summed E-state index contributed by atoms with van der Waals surface area (Å²) in [6.45, 7) is 3.33. The minimum absolute atomic E-state index is 0.129. The third-order valence-corrected chi connectivity index (χ3v) is 6.05. The van der Waals surface area contributed by atoms with E-state index in [9.17, 15) is 13.6 Å². The molecule has 0 bridgehead atoms. The average molecular weight is 493 g/mol. The second-order valence-electron chi connectivity index (χ2n) is 8.14.